The lowest BCUT2D eigenvalue weighted by Gasteiger charge is -2.03. The van der Waals surface area contributed by atoms with E-state index in [1.165, 1.54) is 12.1 Å². The van der Waals surface area contributed by atoms with Crippen LogP contribution in [-0.2, 0) is 9.53 Å². The van der Waals surface area contributed by atoms with E-state index in [-0.39, 0.29) is 17.4 Å². The van der Waals surface area contributed by atoms with Crippen LogP contribution >= 0.6 is 0 Å². The molecule has 0 aliphatic rings. The molecule has 0 spiro atoms. The molecule has 0 aliphatic heterocycles. The molecule has 0 saturated heterocycles. The molecule has 1 aromatic rings. The number of hydrogen-bond acceptors (Lipinski definition) is 6. The number of esters is 1. The summed E-state index contributed by atoms with van der Waals surface area (Å²) in [6, 6.07) is 6.02. The van der Waals surface area contributed by atoms with Gasteiger partial charge in [0.2, 0.25) is 5.75 Å². The van der Waals surface area contributed by atoms with Crippen LogP contribution in [0.15, 0.2) is 29.4 Å². The summed E-state index contributed by atoms with van der Waals surface area (Å²) in [4.78, 5) is 26.5. The highest BCUT2D eigenvalue weighted by molar-refractivity contribution is 5.82. The average molecular weight is 294 g/mol. The smallest absolute Gasteiger partial charge is 0.314 e. The Morgan fingerprint density at radius 3 is 2.71 bits per heavy atom. The van der Waals surface area contributed by atoms with Crippen molar-refractivity contribution < 1.29 is 19.3 Å². The van der Waals surface area contributed by atoms with E-state index < -0.39 is 4.92 Å². The van der Waals surface area contributed by atoms with E-state index in [9.17, 15) is 14.9 Å². The number of nitro benzene ring substituents is 1. The Bertz CT molecular complexity index is 528. The fourth-order valence-electron chi connectivity index (χ4n) is 1.58. The standard InChI is InChI=1S/C14H18N2O5/c1-3-20-14(17)10-6-7-11(2)15-21-13-9-5-4-8-12(13)16(18)19/h4-5,8-9H,3,6-7,10H2,1-2H3/b15-11+. The predicted octanol–water partition coefficient (Wildman–Crippen LogP) is 3.08. The second kappa shape index (κ2) is 8.68. The lowest BCUT2D eigenvalue weighted by Crippen LogP contribution is -2.05. The maximum absolute atomic E-state index is 11.2. The number of hydrogen-bond donors (Lipinski definition) is 0. The zero-order chi connectivity index (χ0) is 15.7. The van der Waals surface area contributed by atoms with Crippen LogP contribution < -0.4 is 4.84 Å². The van der Waals surface area contributed by atoms with Crippen molar-refractivity contribution in [1.29, 1.82) is 0 Å². The highest BCUT2D eigenvalue weighted by Gasteiger charge is 2.13. The number of nitrogens with zero attached hydrogens (tertiary/aromatic N) is 2. The lowest BCUT2D eigenvalue weighted by molar-refractivity contribution is -0.385. The molecule has 0 unspecified atom stereocenters. The van der Waals surface area contributed by atoms with E-state index in [2.05, 4.69) is 5.16 Å². The third-order valence-electron chi connectivity index (χ3n) is 2.59. The summed E-state index contributed by atoms with van der Waals surface area (Å²) in [5.41, 5.74) is 0.512. The Labute approximate surface area is 122 Å². The Morgan fingerprint density at radius 1 is 1.33 bits per heavy atom. The van der Waals surface area contributed by atoms with E-state index in [4.69, 9.17) is 9.57 Å². The van der Waals surface area contributed by atoms with Crippen molar-refractivity contribution in [1.82, 2.24) is 0 Å². The van der Waals surface area contributed by atoms with E-state index in [0.29, 0.717) is 31.6 Å². The lowest BCUT2D eigenvalue weighted by atomic mass is 10.2. The zero-order valence-electron chi connectivity index (χ0n) is 12.1. The van der Waals surface area contributed by atoms with Crippen LogP contribution in [-0.4, -0.2) is 23.2 Å². The Hall–Kier alpha value is -2.44. The summed E-state index contributed by atoms with van der Waals surface area (Å²) in [6.45, 7) is 3.86. The molecule has 1 rings (SSSR count). The van der Waals surface area contributed by atoms with Crippen molar-refractivity contribution >= 4 is 17.4 Å². The van der Waals surface area contributed by atoms with Crippen molar-refractivity contribution in [3.8, 4) is 5.75 Å². The average Bonchev–Trinajstić information content (AvgIpc) is 2.45. The predicted molar refractivity (Wildman–Crippen MR) is 77.3 cm³/mol. The Morgan fingerprint density at radius 2 is 2.05 bits per heavy atom. The van der Waals surface area contributed by atoms with Crippen molar-refractivity contribution in [2.75, 3.05) is 6.61 Å². The molecule has 0 heterocycles. The third-order valence-corrected chi connectivity index (χ3v) is 2.59. The summed E-state index contributed by atoms with van der Waals surface area (Å²) < 4.78 is 4.81. The molecule has 7 heteroatoms. The number of benzene rings is 1. The van der Waals surface area contributed by atoms with Gasteiger partial charge in [-0.25, -0.2) is 0 Å². The molecule has 0 saturated carbocycles. The first-order chi connectivity index (χ1) is 10.0. The first kappa shape index (κ1) is 16.6. The quantitative estimate of drug-likeness (QED) is 0.318. The van der Waals surface area contributed by atoms with Crippen LogP contribution in [0.1, 0.15) is 33.1 Å². The van der Waals surface area contributed by atoms with Gasteiger partial charge < -0.3 is 9.57 Å². The van der Waals surface area contributed by atoms with Gasteiger partial charge in [-0.2, -0.15) is 0 Å². The van der Waals surface area contributed by atoms with Crippen LogP contribution in [0.4, 0.5) is 5.69 Å². The molecule has 114 valence electrons. The monoisotopic (exact) mass is 294 g/mol. The topological polar surface area (TPSA) is 91.0 Å². The van der Waals surface area contributed by atoms with Gasteiger partial charge in [0.05, 0.1) is 17.2 Å². The number of nitro groups is 1. The molecule has 0 radical (unpaired) electrons. The van der Waals surface area contributed by atoms with Gasteiger partial charge in [-0.1, -0.05) is 17.3 Å². The maximum atomic E-state index is 11.2. The van der Waals surface area contributed by atoms with Crippen molar-refractivity contribution in [2.24, 2.45) is 5.16 Å². The first-order valence-electron chi connectivity index (χ1n) is 6.64. The fourth-order valence-corrected chi connectivity index (χ4v) is 1.58. The molecule has 0 aromatic heterocycles. The Balaban J connectivity index is 2.49. The SMILES string of the molecule is CCOC(=O)CCC/C(C)=N/Oc1ccccc1[N+](=O)[O-]. The van der Waals surface area contributed by atoms with Crippen LogP contribution in [0.25, 0.3) is 0 Å². The summed E-state index contributed by atoms with van der Waals surface area (Å²) >= 11 is 0. The van der Waals surface area contributed by atoms with Gasteiger partial charge in [0.25, 0.3) is 0 Å². The van der Waals surface area contributed by atoms with Crippen LogP contribution in [0.5, 0.6) is 5.75 Å². The molecule has 0 amide bonds. The van der Waals surface area contributed by atoms with Gasteiger partial charge in [-0.15, -0.1) is 0 Å². The highest BCUT2D eigenvalue weighted by Crippen LogP contribution is 2.25. The van der Waals surface area contributed by atoms with Crippen molar-refractivity contribution in [3.63, 3.8) is 0 Å². The van der Waals surface area contributed by atoms with Crippen LogP contribution in [0.2, 0.25) is 0 Å². The van der Waals surface area contributed by atoms with Gasteiger partial charge in [-0.3, -0.25) is 14.9 Å². The van der Waals surface area contributed by atoms with Crippen LogP contribution in [0, 0.1) is 10.1 Å². The summed E-state index contributed by atoms with van der Waals surface area (Å²) in [5, 5.41) is 14.6. The maximum Gasteiger partial charge on any atom is 0.314 e. The number of ether oxygens (including phenoxy) is 1. The second-order valence-electron chi connectivity index (χ2n) is 4.30. The summed E-state index contributed by atoms with van der Waals surface area (Å²) in [6.07, 6.45) is 1.46. The third kappa shape index (κ3) is 6.03. The molecule has 0 aliphatic carbocycles. The minimum Gasteiger partial charge on any atom is -0.466 e. The van der Waals surface area contributed by atoms with Crippen molar-refractivity contribution in [3.05, 3.63) is 34.4 Å². The molecule has 7 nitrogen and oxygen atoms in total. The molecule has 0 fully saturated rings. The van der Waals surface area contributed by atoms with E-state index in [0.717, 1.165) is 0 Å². The van der Waals surface area contributed by atoms with Crippen LogP contribution in [0.3, 0.4) is 0 Å². The first-order valence-corrected chi connectivity index (χ1v) is 6.64. The summed E-state index contributed by atoms with van der Waals surface area (Å²) in [7, 11) is 0. The number of carbonyl (C=O) groups is 1. The highest BCUT2D eigenvalue weighted by atomic mass is 16.7. The fraction of sp³-hybridized carbons (Fsp3) is 0.429. The molecule has 0 bridgehead atoms. The molecule has 21 heavy (non-hydrogen) atoms. The normalized spacial score (nSPS) is 11.0. The van der Waals surface area contributed by atoms with E-state index in [1.807, 2.05) is 0 Å². The molecular weight excluding hydrogens is 276 g/mol. The minimum absolute atomic E-state index is 0.0900. The van der Waals surface area contributed by atoms with Gasteiger partial charge in [0.1, 0.15) is 0 Å². The molecular formula is C14H18N2O5. The zero-order valence-corrected chi connectivity index (χ0v) is 12.1. The minimum atomic E-state index is -0.527. The largest absolute Gasteiger partial charge is 0.466 e. The van der Waals surface area contributed by atoms with Gasteiger partial charge in [-0.05, 0) is 32.8 Å². The Kier molecular flexibility index (Phi) is 6.86. The number of rotatable bonds is 8. The number of para-hydroxylation sites is 2. The molecule has 0 atom stereocenters. The van der Waals surface area contributed by atoms with Gasteiger partial charge in [0, 0.05) is 12.5 Å². The van der Waals surface area contributed by atoms with E-state index >= 15 is 0 Å². The summed E-state index contributed by atoms with van der Waals surface area (Å²) in [5.74, 6) is -0.155. The van der Waals surface area contributed by atoms with Gasteiger partial charge in [0.15, 0.2) is 0 Å². The van der Waals surface area contributed by atoms with Crippen molar-refractivity contribution in [2.45, 2.75) is 33.1 Å². The number of carbonyl (C=O) groups excluding carboxylic acids is 1. The van der Waals surface area contributed by atoms with E-state index in [1.54, 1.807) is 26.0 Å². The molecule has 1 aromatic carbocycles. The molecule has 0 N–H and O–H groups in total. The van der Waals surface area contributed by atoms with Gasteiger partial charge >= 0.3 is 11.7 Å². The second-order valence-corrected chi connectivity index (χ2v) is 4.30. The number of oxime groups is 1.